The topological polar surface area (TPSA) is 56.0 Å². The summed E-state index contributed by atoms with van der Waals surface area (Å²) in [5.41, 5.74) is 6.25. The molecule has 0 bridgehead atoms. The van der Waals surface area contributed by atoms with E-state index in [4.69, 9.17) is 17.3 Å². The van der Waals surface area contributed by atoms with Crippen LogP contribution in [0.25, 0.3) is 0 Å². The number of anilines is 1. The molecule has 1 atom stereocenters. The van der Waals surface area contributed by atoms with Crippen LogP contribution in [0.5, 0.6) is 0 Å². The molecule has 84 valence electrons. The van der Waals surface area contributed by atoms with Gasteiger partial charge in [0.05, 0.1) is 21.4 Å². The van der Waals surface area contributed by atoms with Crippen molar-refractivity contribution in [2.75, 3.05) is 5.73 Å². The van der Waals surface area contributed by atoms with E-state index < -0.39 is 10.8 Å². The maximum absolute atomic E-state index is 12.0. The summed E-state index contributed by atoms with van der Waals surface area (Å²) < 4.78 is 12.0. The van der Waals surface area contributed by atoms with Crippen molar-refractivity contribution < 1.29 is 4.21 Å². The third-order valence-electron chi connectivity index (χ3n) is 1.96. The van der Waals surface area contributed by atoms with E-state index in [1.165, 1.54) is 11.3 Å². The van der Waals surface area contributed by atoms with Crippen molar-refractivity contribution in [3.05, 3.63) is 39.8 Å². The van der Waals surface area contributed by atoms with E-state index in [0.29, 0.717) is 21.4 Å². The van der Waals surface area contributed by atoms with E-state index in [-0.39, 0.29) is 0 Å². The fourth-order valence-corrected chi connectivity index (χ4v) is 3.49. The first-order chi connectivity index (χ1) is 7.66. The monoisotopic (exact) mass is 272 g/mol. The third-order valence-corrected chi connectivity index (χ3v) is 4.54. The summed E-state index contributed by atoms with van der Waals surface area (Å²) in [7, 11) is -1.20. The van der Waals surface area contributed by atoms with Crippen LogP contribution in [-0.4, -0.2) is 9.19 Å². The quantitative estimate of drug-likeness (QED) is 0.874. The minimum atomic E-state index is -1.20. The van der Waals surface area contributed by atoms with Crippen LogP contribution in [0.4, 0.5) is 5.69 Å². The fraction of sp³-hybridized carbons (Fsp3) is 0.100. The van der Waals surface area contributed by atoms with Crippen LogP contribution in [0.15, 0.2) is 34.7 Å². The number of hydrogen-bond donors (Lipinski definition) is 1. The standard InChI is InChI=1S/C10H9ClN2OS2/c11-7-1-2-8(12)9(5-7)16(14)6-10-13-3-4-15-10/h1-5H,6,12H2. The van der Waals surface area contributed by atoms with Crippen molar-refractivity contribution >= 4 is 39.4 Å². The summed E-state index contributed by atoms with van der Waals surface area (Å²) in [6.45, 7) is 0. The largest absolute Gasteiger partial charge is 0.398 e. The molecule has 2 aromatic rings. The van der Waals surface area contributed by atoms with Gasteiger partial charge in [-0.3, -0.25) is 4.21 Å². The Morgan fingerprint density at radius 1 is 1.50 bits per heavy atom. The van der Waals surface area contributed by atoms with E-state index in [9.17, 15) is 4.21 Å². The van der Waals surface area contributed by atoms with Crippen molar-refractivity contribution in [1.82, 2.24) is 4.98 Å². The number of rotatable bonds is 3. The van der Waals surface area contributed by atoms with Crippen LogP contribution < -0.4 is 5.73 Å². The molecule has 1 heterocycles. The Hall–Kier alpha value is -0.910. The Bertz CT molecular complexity index is 514. The summed E-state index contributed by atoms with van der Waals surface area (Å²) in [6, 6.07) is 4.99. The summed E-state index contributed by atoms with van der Waals surface area (Å²) in [6.07, 6.45) is 1.69. The zero-order valence-electron chi connectivity index (χ0n) is 8.22. The van der Waals surface area contributed by atoms with Crippen LogP contribution in [0.3, 0.4) is 0 Å². The normalized spacial score (nSPS) is 12.6. The van der Waals surface area contributed by atoms with Gasteiger partial charge in [0.15, 0.2) is 0 Å². The van der Waals surface area contributed by atoms with E-state index >= 15 is 0 Å². The molecule has 1 aromatic carbocycles. The highest BCUT2D eigenvalue weighted by Gasteiger charge is 2.10. The minimum Gasteiger partial charge on any atom is -0.398 e. The molecule has 0 aliphatic carbocycles. The predicted octanol–water partition coefficient (Wildman–Crippen LogP) is 2.69. The highest BCUT2D eigenvalue weighted by atomic mass is 35.5. The van der Waals surface area contributed by atoms with Gasteiger partial charge in [-0.2, -0.15) is 0 Å². The molecule has 16 heavy (non-hydrogen) atoms. The van der Waals surface area contributed by atoms with Crippen LogP contribution >= 0.6 is 22.9 Å². The van der Waals surface area contributed by atoms with Crippen molar-refractivity contribution in [3.8, 4) is 0 Å². The number of nitrogens with two attached hydrogens (primary N) is 1. The SMILES string of the molecule is Nc1ccc(Cl)cc1S(=O)Cc1nccs1. The second-order valence-electron chi connectivity index (χ2n) is 3.10. The van der Waals surface area contributed by atoms with E-state index in [1.54, 1.807) is 24.4 Å². The first kappa shape index (κ1) is 11.6. The van der Waals surface area contributed by atoms with Gasteiger partial charge >= 0.3 is 0 Å². The highest BCUT2D eigenvalue weighted by Crippen LogP contribution is 2.23. The Morgan fingerprint density at radius 3 is 3.00 bits per heavy atom. The van der Waals surface area contributed by atoms with Gasteiger partial charge in [-0.25, -0.2) is 4.98 Å². The number of halogens is 1. The van der Waals surface area contributed by atoms with Crippen molar-refractivity contribution in [2.24, 2.45) is 0 Å². The molecule has 0 amide bonds. The lowest BCUT2D eigenvalue weighted by Gasteiger charge is -2.04. The molecule has 0 aliphatic heterocycles. The van der Waals surface area contributed by atoms with Crippen LogP contribution in [0, 0.1) is 0 Å². The molecule has 0 spiro atoms. The van der Waals surface area contributed by atoms with Gasteiger partial charge in [0.25, 0.3) is 0 Å². The van der Waals surface area contributed by atoms with Gasteiger partial charge in [-0.1, -0.05) is 11.6 Å². The van der Waals surface area contributed by atoms with Crippen molar-refractivity contribution in [2.45, 2.75) is 10.6 Å². The van der Waals surface area contributed by atoms with E-state index in [0.717, 1.165) is 5.01 Å². The number of benzene rings is 1. The lowest BCUT2D eigenvalue weighted by atomic mass is 10.3. The van der Waals surface area contributed by atoms with Gasteiger partial charge < -0.3 is 5.73 Å². The summed E-state index contributed by atoms with van der Waals surface area (Å²) in [5, 5.41) is 3.22. The predicted molar refractivity (Wildman–Crippen MR) is 68.1 cm³/mol. The molecule has 2 N–H and O–H groups in total. The minimum absolute atomic E-state index is 0.377. The first-order valence-electron chi connectivity index (χ1n) is 4.48. The number of aromatic nitrogens is 1. The Balaban J connectivity index is 2.24. The molecule has 1 aromatic heterocycles. The second-order valence-corrected chi connectivity index (χ2v) is 5.93. The number of nitrogen functional groups attached to an aromatic ring is 1. The first-order valence-corrected chi connectivity index (χ1v) is 7.06. The molecule has 3 nitrogen and oxygen atoms in total. The third kappa shape index (κ3) is 2.61. The fourth-order valence-electron chi connectivity index (χ4n) is 1.22. The zero-order chi connectivity index (χ0) is 11.5. The van der Waals surface area contributed by atoms with Gasteiger partial charge in [-0.05, 0) is 18.2 Å². The van der Waals surface area contributed by atoms with Gasteiger partial charge in [0.1, 0.15) is 5.01 Å². The van der Waals surface area contributed by atoms with E-state index in [1.807, 2.05) is 5.38 Å². The van der Waals surface area contributed by atoms with Crippen LogP contribution in [0.1, 0.15) is 5.01 Å². The number of hydrogen-bond acceptors (Lipinski definition) is 4. The molecular weight excluding hydrogens is 264 g/mol. The Morgan fingerprint density at radius 2 is 2.31 bits per heavy atom. The Kier molecular flexibility index (Phi) is 3.58. The van der Waals surface area contributed by atoms with Crippen LogP contribution in [-0.2, 0) is 16.6 Å². The summed E-state index contributed by atoms with van der Waals surface area (Å²) >= 11 is 7.32. The average molecular weight is 273 g/mol. The van der Waals surface area contributed by atoms with Gasteiger partial charge in [0.2, 0.25) is 0 Å². The number of thiazole rings is 1. The number of nitrogens with zero attached hydrogens (tertiary/aromatic N) is 1. The van der Waals surface area contributed by atoms with Crippen LogP contribution in [0.2, 0.25) is 5.02 Å². The van der Waals surface area contributed by atoms with E-state index in [2.05, 4.69) is 4.98 Å². The zero-order valence-corrected chi connectivity index (χ0v) is 10.6. The maximum atomic E-state index is 12.0. The molecule has 6 heteroatoms. The van der Waals surface area contributed by atoms with Crippen molar-refractivity contribution in [3.63, 3.8) is 0 Å². The van der Waals surface area contributed by atoms with Crippen molar-refractivity contribution in [1.29, 1.82) is 0 Å². The molecule has 2 rings (SSSR count). The lowest BCUT2D eigenvalue weighted by Crippen LogP contribution is -2.00. The summed E-state index contributed by atoms with van der Waals surface area (Å²) in [5.74, 6) is 0.377. The molecule has 0 fully saturated rings. The molecule has 0 aliphatic rings. The summed E-state index contributed by atoms with van der Waals surface area (Å²) in [4.78, 5) is 4.66. The molecule has 0 radical (unpaired) electrons. The molecule has 1 unspecified atom stereocenters. The van der Waals surface area contributed by atoms with Gasteiger partial charge in [-0.15, -0.1) is 11.3 Å². The smallest absolute Gasteiger partial charge is 0.105 e. The average Bonchev–Trinajstić information content (AvgIpc) is 2.74. The molecular formula is C10H9ClN2OS2. The Labute approximate surface area is 105 Å². The highest BCUT2D eigenvalue weighted by molar-refractivity contribution is 7.84. The molecule has 0 saturated carbocycles. The lowest BCUT2D eigenvalue weighted by molar-refractivity contribution is 0.683. The van der Waals surface area contributed by atoms with Gasteiger partial charge in [0, 0.05) is 22.3 Å². The maximum Gasteiger partial charge on any atom is 0.105 e. The molecule has 0 saturated heterocycles. The second kappa shape index (κ2) is 4.95.